The number of rotatable bonds is 17. The minimum atomic E-state index is -1.74. The Balaban J connectivity index is 1.45. The third-order valence-corrected chi connectivity index (χ3v) is 10.6. The lowest BCUT2D eigenvalue weighted by atomic mass is 9.83. The van der Waals surface area contributed by atoms with Gasteiger partial charge >= 0.3 is 11.9 Å². The average molecular weight is 884 g/mol. The first-order valence-corrected chi connectivity index (χ1v) is 19.7. The molecule has 2 aliphatic rings. The third kappa shape index (κ3) is 11.2. The molecule has 318 valence electrons. The average Bonchev–Trinajstić information content (AvgIpc) is 3.28. The molecular weight excluding hydrogens is 847 g/mol. The number of carbonyl (C=O) groups is 2. The van der Waals surface area contributed by atoms with Gasteiger partial charge < -0.3 is 28.4 Å². The summed E-state index contributed by atoms with van der Waals surface area (Å²) >= 11 is 12.7. The molecule has 0 N–H and O–H groups in total. The minimum absolute atomic E-state index is 0.00783. The molecule has 0 bridgehead atoms. The van der Waals surface area contributed by atoms with Gasteiger partial charge in [-0.05, 0) is 63.9 Å². The smallest absolute Gasteiger partial charge is 0.340 e. The van der Waals surface area contributed by atoms with Crippen LogP contribution in [0.2, 0.25) is 10.0 Å². The summed E-state index contributed by atoms with van der Waals surface area (Å²) in [6.45, 7) is -0.287. The van der Waals surface area contributed by atoms with E-state index in [2.05, 4.69) is 40.1 Å². The standard InChI is InChI=1S/C40H36Cl2N12O8/c41-27-17-9-7-15-25(27)38(55)60-33-29(48-52-44)19-30(49-53-45)34(37(33)61-39(56)26-16-8-10-18-28(26)42)62-40-32(50-54-46)36(58-22-24-13-5-2-6-14-24)35(31(59-40)20-47-51-43)57-21-23-11-3-1-4-12-23/h1-18,29-37,40H,19-22H2/t29-,30+,31-,32-,33+,34-,35-,36-,37-,40-/m1/s1. The fourth-order valence-corrected chi connectivity index (χ4v) is 7.53. The van der Waals surface area contributed by atoms with E-state index in [9.17, 15) is 31.7 Å². The van der Waals surface area contributed by atoms with Gasteiger partial charge in [-0.15, -0.1) is 0 Å². The number of ether oxygens (including phenoxy) is 6. The largest absolute Gasteiger partial charge is 0.454 e. The van der Waals surface area contributed by atoms with E-state index < -0.39 is 73.0 Å². The molecule has 0 unspecified atom stereocenters. The van der Waals surface area contributed by atoms with Crippen LogP contribution in [0.25, 0.3) is 41.8 Å². The van der Waals surface area contributed by atoms with Crippen LogP contribution in [-0.2, 0) is 41.6 Å². The monoisotopic (exact) mass is 882 g/mol. The summed E-state index contributed by atoms with van der Waals surface area (Å²) in [5, 5.41) is 15.6. The summed E-state index contributed by atoms with van der Waals surface area (Å²) < 4.78 is 38.0. The summed E-state index contributed by atoms with van der Waals surface area (Å²) in [5.41, 5.74) is 40.2. The van der Waals surface area contributed by atoms with Gasteiger partial charge in [-0.2, -0.15) is 0 Å². The first-order chi connectivity index (χ1) is 30.3. The second-order valence-electron chi connectivity index (χ2n) is 13.8. The number of carbonyl (C=O) groups excluding carboxylic acids is 2. The number of hydrogen-bond donors (Lipinski definition) is 0. The number of benzene rings is 4. The molecule has 1 aliphatic carbocycles. The van der Waals surface area contributed by atoms with Crippen molar-refractivity contribution in [3.05, 3.63) is 183 Å². The van der Waals surface area contributed by atoms with Gasteiger partial charge in [0.1, 0.15) is 24.4 Å². The van der Waals surface area contributed by atoms with E-state index in [1.54, 1.807) is 18.2 Å². The Labute approximate surface area is 363 Å². The van der Waals surface area contributed by atoms with Crippen LogP contribution in [0, 0.1) is 0 Å². The van der Waals surface area contributed by atoms with E-state index >= 15 is 0 Å². The zero-order valence-electron chi connectivity index (χ0n) is 32.4. The zero-order valence-corrected chi connectivity index (χ0v) is 33.9. The quantitative estimate of drug-likeness (QED) is 0.0424. The van der Waals surface area contributed by atoms with Crippen LogP contribution in [-0.4, -0.2) is 79.5 Å². The molecule has 0 amide bonds. The fraction of sp³-hybridized carbons (Fsp3) is 0.350. The molecule has 0 spiro atoms. The van der Waals surface area contributed by atoms with Gasteiger partial charge in [-0.25, -0.2) is 9.59 Å². The maximum Gasteiger partial charge on any atom is 0.340 e. The van der Waals surface area contributed by atoms with Crippen molar-refractivity contribution >= 4 is 35.1 Å². The number of nitrogens with zero attached hydrogens (tertiary/aromatic N) is 12. The first-order valence-electron chi connectivity index (χ1n) is 18.9. The molecular formula is C40H36Cl2N12O8. The van der Waals surface area contributed by atoms with Gasteiger partial charge in [0.25, 0.3) is 0 Å². The van der Waals surface area contributed by atoms with E-state index in [4.69, 9.17) is 51.6 Å². The van der Waals surface area contributed by atoms with Crippen molar-refractivity contribution in [1.29, 1.82) is 0 Å². The molecule has 1 heterocycles. The zero-order chi connectivity index (χ0) is 43.8. The van der Waals surface area contributed by atoms with Gasteiger partial charge in [-0.1, -0.05) is 129 Å². The van der Waals surface area contributed by atoms with Gasteiger partial charge in [0.15, 0.2) is 18.5 Å². The Morgan fingerprint density at radius 3 is 1.60 bits per heavy atom. The Hall–Kier alpha value is -6.52. The van der Waals surface area contributed by atoms with Crippen molar-refractivity contribution in [2.75, 3.05) is 6.54 Å². The topological polar surface area (TPSA) is 285 Å². The van der Waals surface area contributed by atoms with Crippen molar-refractivity contribution in [3.63, 3.8) is 0 Å². The summed E-state index contributed by atoms with van der Waals surface area (Å²) in [7, 11) is 0. The van der Waals surface area contributed by atoms with Gasteiger partial charge in [0.05, 0.1) is 59.1 Å². The van der Waals surface area contributed by atoms with E-state index in [1.807, 2.05) is 60.7 Å². The number of hydrogen-bond acceptors (Lipinski definition) is 12. The van der Waals surface area contributed by atoms with Crippen molar-refractivity contribution in [1.82, 2.24) is 0 Å². The molecule has 1 saturated heterocycles. The predicted octanol–water partition coefficient (Wildman–Crippen LogP) is 9.78. The number of esters is 2. The highest BCUT2D eigenvalue weighted by Gasteiger charge is 2.54. The molecule has 1 saturated carbocycles. The highest BCUT2D eigenvalue weighted by Crippen LogP contribution is 2.38. The van der Waals surface area contributed by atoms with Crippen molar-refractivity contribution in [3.8, 4) is 0 Å². The second-order valence-corrected chi connectivity index (χ2v) is 14.6. The maximum atomic E-state index is 14.0. The molecule has 62 heavy (non-hydrogen) atoms. The maximum absolute atomic E-state index is 14.0. The molecule has 0 radical (unpaired) electrons. The normalized spacial score (nSPS) is 25.3. The number of halogens is 2. The van der Waals surface area contributed by atoms with E-state index in [0.29, 0.717) is 0 Å². The van der Waals surface area contributed by atoms with Crippen LogP contribution in [0.15, 0.2) is 130 Å². The van der Waals surface area contributed by atoms with Gasteiger partial charge in [0.2, 0.25) is 0 Å². The molecule has 22 heteroatoms. The summed E-state index contributed by atoms with van der Waals surface area (Å²) in [6, 6.07) is 26.2. The van der Waals surface area contributed by atoms with Crippen LogP contribution < -0.4 is 0 Å². The van der Waals surface area contributed by atoms with Crippen molar-refractivity contribution < 1.29 is 38.0 Å². The Morgan fingerprint density at radius 2 is 1.08 bits per heavy atom. The molecule has 4 aromatic carbocycles. The lowest BCUT2D eigenvalue weighted by Gasteiger charge is -2.48. The number of azide groups is 4. The molecule has 20 nitrogen and oxygen atoms in total. The van der Waals surface area contributed by atoms with Crippen LogP contribution in [0.4, 0.5) is 0 Å². The van der Waals surface area contributed by atoms with Crippen LogP contribution in [0.5, 0.6) is 0 Å². The lowest BCUT2D eigenvalue weighted by Crippen LogP contribution is -2.64. The highest BCUT2D eigenvalue weighted by atomic mass is 35.5. The summed E-state index contributed by atoms with van der Waals surface area (Å²) in [6.07, 6.45) is -10.2. The fourth-order valence-electron chi connectivity index (χ4n) is 7.11. The minimum Gasteiger partial charge on any atom is -0.454 e. The van der Waals surface area contributed by atoms with Crippen LogP contribution >= 0.6 is 23.2 Å². The van der Waals surface area contributed by atoms with Gasteiger partial charge in [-0.3, -0.25) is 0 Å². The summed E-state index contributed by atoms with van der Waals surface area (Å²) in [4.78, 5) is 39.7. The lowest BCUT2D eigenvalue weighted by molar-refractivity contribution is -0.300. The molecule has 4 aromatic rings. The molecule has 0 aromatic heterocycles. The Kier molecular flexibility index (Phi) is 16.2. The van der Waals surface area contributed by atoms with Crippen LogP contribution in [0.3, 0.4) is 0 Å². The molecule has 10 atom stereocenters. The van der Waals surface area contributed by atoms with Gasteiger partial charge in [0, 0.05) is 19.6 Å². The van der Waals surface area contributed by atoms with E-state index in [1.165, 1.54) is 30.3 Å². The SMILES string of the molecule is [N-]=[N+]=NC[C@H]1O[C@H](O[C@H]2[C@H](OC(=O)c3ccccc3Cl)[C@@H](OC(=O)c3ccccc3Cl)[C@H](N=[N+]=[N-])C[C@@H]2N=[N+]=[N-])[C@H](N=[N+]=[N-])[C@@H](OCc2ccccc2)[C@@H]1OCc1ccccc1. The third-order valence-electron chi connectivity index (χ3n) is 9.95. The highest BCUT2D eigenvalue weighted by molar-refractivity contribution is 6.34. The second kappa shape index (κ2) is 22.4. The molecule has 2 fully saturated rings. The Morgan fingerprint density at radius 1 is 0.597 bits per heavy atom. The summed E-state index contributed by atoms with van der Waals surface area (Å²) in [5.74, 6) is -2.01. The molecule has 6 rings (SSSR count). The van der Waals surface area contributed by atoms with Crippen LogP contribution in [0.1, 0.15) is 38.3 Å². The molecule has 1 aliphatic heterocycles. The van der Waals surface area contributed by atoms with E-state index in [-0.39, 0.29) is 47.4 Å². The van der Waals surface area contributed by atoms with Crippen molar-refractivity contribution in [2.24, 2.45) is 20.5 Å². The predicted molar refractivity (Wildman–Crippen MR) is 222 cm³/mol. The van der Waals surface area contributed by atoms with Crippen molar-refractivity contribution in [2.45, 2.75) is 80.7 Å². The first kappa shape index (κ1) is 45.0. The van der Waals surface area contributed by atoms with E-state index in [0.717, 1.165) is 11.1 Å². The Bertz CT molecular complexity index is 2380.